The van der Waals surface area contributed by atoms with Crippen LogP contribution in [0.4, 0.5) is 0 Å². The Labute approximate surface area is 161 Å². The summed E-state index contributed by atoms with van der Waals surface area (Å²) in [5.74, 6) is 2.87. The molecule has 3 rings (SSSR count). The molecule has 0 radical (unpaired) electrons. The van der Waals surface area contributed by atoms with Crippen molar-refractivity contribution in [3.05, 3.63) is 54.5 Å². The van der Waals surface area contributed by atoms with Gasteiger partial charge >= 0.3 is 0 Å². The van der Waals surface area contributed by atoms with E-state index in [1.165, 1.54) is 0 Å². The molecule has 6 heteroatoms. The van der Waals surface area contributed by atoms with Gasteiger partial charge in [0.1, 0.15) is 17.6 Å². The topological polar surface area (TPSA) is 59.2 Å². The van der Waals surface area contributed by atoms with Crippen molar-refractivity contribution in [2.24, 2.45) is 4.99 Å². The maximum Gasteiger partial charge on any atom is 0.194 e. The van der Waals surface area contributed by atoms with Gasteiger partial charge in [-0.25, -0.2) is 0 Å². The van der Waals surface area contributed by atoms with Crippen LogP contribution in [0.5, 0.6) is 5.75 Å². The molecule has 146 valence electrons. The molecule has 0 atom stereocenters. The first kappa shape index (κ1) is 19.3. The molecule has 1 saturated heterocycles. The smallest absolute Gasteiger partial charge is 0.194 e. The van der Waals surface area contributed by atoms with Crippen LogP contribution in [0, 0.1) is 0 Å². The number of methoxy groups -OCH3 is 1. The normalized spacial score (nSPS) is 15.7. The highest BCUT2D eigenvalue weighted by Crippen LogP contribution is 2.18. The van der Waals surface area contributed by atoms with Gasteiger partial charge < -0.3 is 24.1 Å². The number of piperidine rings is 1. The van der Waals surface area contributed by atoms with Gasteiger partial charge in [0.15, 0.2) is 5.96 Å². The zero-order valence-electron chi connectivity index (χ0n) is 16.0. The number of nitrogens with one attached hydrogen (secondary N) is 1. The highest BCUT2D eigenvalue weighted by molar-refractivity contribution is 5.80. The minimum atomic E-state index is 0.256. The second-order valence-corrected chi connectivity index (χ2v) is 6.57. The lowest BCUT2D eigenvalue weighted by Gasteiger charge is -2.34. The largest absolute Gasteiger partial charge is 0.490 e. The molecule has 0 spiro atoms. The van der Waals surface area contributed by atoms with Gasteiger partial charge in [-0.3, -0.25) is 4.99 Å². The lowest BCUT2D eigenvalue weighted by atomic mass is 10.1. The Morgan fingerprint density at radius 2 is 2.00 bits per heavy atom. The molecule has 6 nitrogen and oxygen atoms in total. The highest BCUT2D eigenvalue weighted by atomic mass is 16.5. The van der Waals surface area contributed by atoms with Crippen molar-refractivity contribution < 1.29 is 13.9 Å². The lowest BCUT2D eigenvalue weighted by molar-refractivity contribution is 0.129. The Kier molecular flexibility index (Phi) is 7.59. The average Bonchev–Trinajstić information content (AvgIpc) is 3.22. The summed E-state index contributed by atoms with van der Waals surface area (Å²) in [6, 6.07) is 14.0. The van der Waals surface area contributed by atoms with Crippen molar-refractivity contribution in [1.29, 1.82) is 0 Å². The number of benzene rings is 1. The van der Waals surface area contributed by atoms with Gasteiger partial charge in [0, 0.05) is 46.0 Å². The molecule has 1 aliphatic rings. The summed E-state index contributed by atoms with van der Waals surface area (Å²) in [6.07, 6.45) is 4.77. The zero-order valence-corrected chi connectivity index (χ0v) is 16.0. The minimum Gasteiger partial charge on any atom is -0.490 e. The molecule has 1 aromatic heterocycles. The molecule has 0 aliphatic carbocycles. The van der Waals surface area contributed by atoms with Gasteiger partial charge in [0.05, 0.1) is 19.4 Å². The quantitative estimate of drug-likeness (QED) is 0.439. The Hall–Kier alpha value is -2.47. The van der Waals surface area contributed by atoms with Crippen molar-refractivity contribution in [2.45, 2.75) is 25.4 Å². The van der Waals surface area contributed by atoms with Gasteiger partial charge in [-0.1, -0.05) is 18.2 Å². The molecule has 2 heterocycles. The molecule has 1 aromatic carbocycles. The van der Waals surface area contributed by atoms with Crippen molar-refractivity contribution in [2.75, 3.05) is 39.9 Å². The molecular weight excluding hydrogens is 342 g/mol. The fraction of sp³-hybridized carbons (Fsp3) is 0.476. The third-order valence-electron chi connectivity index (χ3n) is 4.58. The molecule has 2 aromatic rings. The summed E-state index contributed by atoms with van der Waals surface area (Å²) in [5, 5.41) is 3.47. The second kappa shape index (κ2) is 10.6. The summed E-state index contributed by atoms with van der Waals surface area (Å²) in [7, 11) is 1.70. The maximum atomic E-state index is 6.09. The summed E-state index contributed by atoms with van der Waals surface area (Å²) < 4.78 is 16.6. The number of likely N-dealkylation sites (tertiary alicyclic amines) is 1. The third kappa shape index (κ3) is 6.32. The summed E-state index contributed by atoms with van der Waals surface area (Å²) in [6.45, 7) is 3.92. The van der Waals surface area contributed by atoms with Gasteiger partial charge in [-0.15, -0.1) is 0 Å². The van der Waals surface area contributed by atoms with Crippen molar-refractivity contribution in [3.8, 4) is 5.75 Å². The van der Waals surface area contributed by atoms with Gasteiger partial charge in [0.25, 0.3) is 0 Å². The zero-order chi connectivity index (χ0) is 18.7. The first-order valence-corrected chi connectivity index (χ1v) is 9.61. The maximum absolute atomic E-state index is 6.09. The average molecular weight is 371 g/mol. The van der Waals surface area contributed by atoms with E-state index >= 15 is 0 Å². The fourth-order valence-corrected chi connectivity index (χ4v) is 3.14. The molecule has 1 fully saturated rings. The number of nitrogens with zero attached hydrogens (tertiary/aromatic N) is 2. The van der Waals surface area contributed by atoms with Crippen LogP contribution >= 0.6 is 0 Å². The van der Waals surface area contributed by atoms with E-state index in [4.69, 9.17) is 18.9 Å². The Morgan fingerprint density at radius 1 is 1.19 bits per heavy atom. The van der Waals surface area contributed by atoms with Crippen LogP contribution in [0.1, 0.15) is 18.6 Å². The number of ether oxygens (including phenoxy) is 2. The molecule has 1 N–H and O–H groups in total. The fourth-order valence-electron chi connectivity index (χ4n) is 3.14. The Bertz CT molecular complexity index is 665. The minimum absolute atomic E-state index is 0.256. The molecular formula is C21H29N3O3. The van der Waals surface area contributed by atoms with E-state index in [9.17, 15) is 0 Å². The van der Waals surface area contributed by atoms with E-state index in [1.54, 1.807) is 13.4 Å². The van der Waals surface area contributed by atoms with Crippen molar-refractivity contribution >= 4 is 5.96 Å². The van der Waals surface area contributed by atoms with Crippen LogP contribution < -0.4 is 10.1 Å². The number of furan rings is 1. The van der Waals surface area contributed by atoms with E-state index in [2.05, 4.69) is 10.2 Å². The summed E-state index contributed by atoms with van der Waals surface area (Å²) in [4.78, 5) is 7.01. The van der Waals surface area contributed by atoms with Crippen LogP contribution in [0.2, 0.25) is 0 Å². The van der Waals surface area contributed by atoms with Crippen LogP contribution in [-0.4, -0.2) is 56.9 Å². The van der Waals surface area contributed by atoms with E-state index in [0.29, 0.717) is 13.2 Å². The van der Waals surface area contributed by atoms with Crippen molar-refractivity contribution in [1.82, 2.24) is 10.2 Å². The van der Waals surface area contributed by atoms with E-state index in [-0.39, 0.29) is 6.10 Å². The highest BCUT2D eigenvalue weighted by Gasteiger charge is 2.22. The number of hydrogen-bond donors (Lipinski definition) is 1. The molecule has 27 heavy (non-hydrogen) atoms. The van der Waals surface area contributed by atoms with Crippen LogP contribution in [0.25, 0.3) is 0 Å². The molecule has 0 bridgehead atoms. The monoisotopic (exact) mass is 371 g/mol. The number of aliphatic imine (C=N–C) groups is 1. The second-order valence-electron chi connectivity index (χ2n) is 6.57. The Balaban J connectivity index is 1.49. The SMILES string of the molecule is COCCN=C(NCCc1ccco1)N1CCC(Oc2ccccc2)CC1. The molecule has 0 saturated carbocycles. The molecule has 1 aliphatic heterocycles. The summed E-state index contributed by atoms with van der Waals surface area (Å²) >= 11 is 0. The number of guanidine groups is 1. The molecule has 0 amide bonds. The predicted octanol–water partition coefficient (Wildman–Crippen LogP) is 2.96. The van der Waals surface area contributed by atoms with E-state index in [0.717, 1.165) is 56.4 Å². The van der Waals surface area contributed by atoms with Crippen LogP contribution in [0.15, 0.2) is 58.1 Å². The standard InChI is InChI=1S/C21H29N3O3/c1-25-17-13-23-21(22-12-9-18-8-5-16-26-18)24-14-10-20(11-15-24)27-19-6-3-2-4-7-19/h2-8,16,20H,9-15,17H2,1H3,(H,22,23). The van der Waals surface area contributed by atoms with E-state index < -0.39 is 0 Å². The summed E-state index contributed by atoms with van der Waals surface area (Å²) in [5.41, 5.74) is 0. The van der Waals surface area contributed by atoms with Crippen molar-refractivity contribution in [3.63, 3.8) is 0 Å². The third-order valence-corrected chi connectivity index (χ3v) is 4.58. The van der Waals surface area contributed by atoms with Crippen LogP contribution in [0.3, 0.4) is 0 Å². The number of rotatable bonds is 8. The first-order chi connectivity index (χ1) is 13.3. The van der Waals surface area contributed by atoms with Gasteiger partial charge in [-0.05, 0) is 24.3 Å². The van der Waals surface area contributed by atoms with Gasteiger partial charge in [-0.2, -0.15) is 0 Å². The first-order valence-electron chi connectivity index (χ1n) is 9.61. The number of para-hydroxylation sites is 1. The molecule has 0 unspecified atom stereocenters. The lowest BCUT2D eigenvalue weighted by Crippen LogP contribution is -2.48. The van der Waals surface area contributed by atoms with E-state index in [1.807, 2.05) is 42.5 Å². The Morgan fingerprint density at radius 3 is 2.70 bits per heavy atom. The number of hydrogen-bond acceptors (Lipinski definition) is 4. The van der Waals surface area contributed by atoms with Crippen LogP contribution in [-0.2, 0) is 11.2 Å². The van der Waals surface area contributed by atoms with Gasteiger partial charge in [0.2, 0.25) is 0 Å². The predicted molar refractivity (Wildman–Crippen MR) is 106 cm³/mol.